The zero-order chi connectivity index (χ0) is 21.6. The highest BCUT2D eigenvalue weighted by Gasteiger charge is 2.57. The summed E-state index contributed by atoms with van der Waals surface area (Å²) in [6.07, 6.45) is -4.38. The Labute approximate surface area is 182 Å². The molecule has 3 N–H and O–H groups in total. The summed E-state index contributed by atoms with van der Waals surface area (Å²) < 4.78 is 16.7. The number of fused-ring (bicyclic) bond motifs is 2. The molecule has 0 radical (unpaired) electrons. The lowest BCUT2D eigenvalue weighted by atomic mass is 9.87. The first kappa shape index (κ1) is 21.7. The van der Waals surface area contributed by atoms with Crippen molar-refractivity contribution >= 4 is 28.9 Å². The molecule has 1 saturated heterocycles. The van der Waals surface area contributed by atoms with E-state index in [1.165, 1.54) is 11.3 Å². The number of aliphatic hydroxyl groups excluding tert-OH is 3. The first-order valence-corrected chi connectivity index (χ1v) is 10.9. The summed E-state index contributed by atoms with van der Waals surface area (Å²) >= 11 is 7.81. The first-order valence-electron chi connectivity index (χ1n) is 9.70. The number of benzene rings is 1. The van der Waals surface area contributed by atoms with Crippen LogP contribution in [-0.2, 0) is 33.0 Å². The van der Waals surface area contributed by atoms with Crippen molar-refractivity contribution in [2.24, 2.45) is 0 Å². The summed E-state index contributed by atoms with van der Waals surface area (Å²) in [7, 11) is 0. The molecule has 162 valence electrons. The van der Waals surface area contributed by atoms with Crippen molar-refractivity contribution in [2.45, 2.75) is 57.1 Å². The Morgan fingerprint density at radius 1 is 1.30 bits per heavy atom. The number of esters is 1. The highest BCUT2D eigenvalue weighted by atomic mass is 35.5. The van der Waals surface area contributed by atoms with Gasteiger partial charge in [-0.3, -0.25) is 0 Å². The van der Waals surface area contributed by atoms with E-state index in [1.807, 2.05) is 6.07 Å². The second kappa shape index (κ2) is 8.20. The maximum absolute atomic E-state index is 11.9. The molecule has 5 atom stereocenters. The Morgan fingerprint density at radius 2 is 2.07 bits per heavy atom. The minimum atomic E-state index is -1.57. The maximum atomic E-state index is 11.9. The summed E-state index contributed by atoms with van der Waals surface area (Å²) in [5.41, 5.74) is 2.09. The molecule has 0 saturated carbocycles. The molecule has 9 heteroatoms. The molecule has 1 fully saturated rings. The van der Waals surface area contributed by atoms with Gasteiger partial charge in [-0.15, -0.1) is 11.3 Å². The molecule has 2 aliphatic heterocycles. The van der Waals surface area contributed by atoms with Crippen molar-refractivity contribution in [3.63, 3.8) is 0 Å². The molecule has 2 aliphatic rings. The van der Waals surface area contributed by atoms with Gasteiger partial charge in [0.15, 0.2) is 0 Å². The third-order valence-corrected chi connectivity index (χ3v) is 6.91. The Kier molecular flexibility index (Phi) is 5.93. The fourth-order valence-corrected chi connectivity index (χ4v) is 5.10. The number of hydrogen-bond donors (Lipinski definition) is 3. The summed E-state index contributed by atoms with van der Waals surface area (Å²) in [6, 6.07) is 7.13. The molecule has 0 aliphatic carbocycles. The third kappa shape index (κ3) is 3.56. The zero-order valence-corrected chi connectivity index (χ0v) is 18.1. The number of carbonyl (C=O) groups excluding carboxylic acids is 1. The van der Waals surface area contributed by atoms with E-state index in [-0.39, 0.29) is 12.6 Å². The van der Waals surface area contributed by atoms with Crippen LogP contribution >= 0.6 is 22.9 Å². The lowest BCUT2D eigenvalue weighted by Crippen LogP contribution is -2.62. The van der Waals surface area contributed by atoms with Gasteiger partial charge in [-0.05, 0) is 49.2 Å². The van der Waals surface area contributed by atoms with Crippen LogP contribution in [0.15, 0.2) is 24.3 Å². The second-order valence-corrected chi connectivity index (χ2v) is 9.04. The molecule has 1 aromatic heterocycles. The molecule has 1 aromatic carbocycles. The Morgan fingerprint density at radius 3 is 2.80 bits per heavy atom. The predicted molar refractivity (Wildman–Crippen MR) is 110 cm³/mol. The maximum Gasteiger partial charge on any atom is 0.348 e. The van der Waals surface area contributed by atoms with E-state index >= 15 is 0 Å². The van der Waals surface area contributed by atoms with Gasteiger partial charge in [-0.2, -0.15) is 0 Å². The highest BCUT2D eigenvalue weighted by molar-refractivity contribution is 7.13. The van der Waals surface area contributed by atoms with Crippen LogP contribution in [0.5, 0.6) is 0 Å². The Bertz CT molecular complexity index is 961. The smallest absolute Gasteiger partial charge is 0.348 e. The lowest BCUT2D eigenvalue weighted by Gasteiger charge is -2.45. The number of aliphatic hydroxyl groups is 3. The van der Waals surface area contributed by atoms with Gasteiger partial charge in [0.2, 0.25) is 5.79 Å². The molecule has 7 nitrogen and oxygen atoms in total. The van der Waals surface area contributed by atoms with Gasteiger partial charge in [0.05, 0.1) is 19.3 Å². The van der Waals surface area contributed by atoms with Gasteiger partial charge in [0, 0.05) is 21.9 Å². The van der Waals surface area contributed by atoms with Crippen LogP contribution in [0.2, 0.25) is 5.02 Å². The quantitative estimate of drug-likeness (QED) is 0.609. The van der Waals surface area contributed by atoms with E-state index in [4.69, 9.17) is 25.8 Å². The van der Waals surface area contributed by atoms with E-state index in [2.05, 4.69) is 0 Å². The standard InChI is InChI=1S/C21H23ClO7S/c1-3-27-20(26)16-5-4-13(30-16)6-11-7-14-12(8-15(11)22)9-28-21(14)19(25)18(24)17(23)10(2)29-21/h4-5,7-8,10,17-19,23-25H,3,6,9H2,1-2H3/t10-,17-,18+,19-,21+/m1/s1. The molecule has 4 rings (SSSR count). The Hall–Kier alpha value is -1.52. The largest absolute Gasteiger partial charge is 0.462 e. The molecule has 1 spiro atoms. The minimum absolute atomic E-state index is 0.161. The number of rotatable bonds is 4. The molecule has 3 heterocycles. The molecule has 2 aromatic rings. The van der Waals surface area contributed by atoms with E-state index in [1.54, 1.807) is 32.0 Å². The number of hydrogen-bond acceptors (Lipinski definition) is 8. The van der Waals surface area contributed by atoms with Gasteiger partial charge in [0.25, 0.3) is 0 Å². The van der Waals surface area contributed by atoms with E-state index in [0.717, 1.165) is 16.0 Å². The fourth-order valence-electron chi connectivity index (χ4n) is 3.92. The van der Waals surface area contributed by atoms with Gasteiger partial charge in [-0.1, -0.05) is 11.6 Å². The topological polar surface area (TPSA) is 105 Å². The zero-order valence-electron chi connectivity index (χ0n) is 16.5. The first-order chi connectivity index (χ1) is 14.3. The van der Waals surface area contributed by atoms with E-state index in [0.29, 0.717) is 28.5 Å². The molecular formula is C21H23ClO7S. The van der Waals surface area contributed by atoms with Crippen molar-refractivity contribution in [1.29, 1.82) is 0 Å². The second-order valence-electron chi connectivity index (χ2n) is 7.47. The van der Waals surface area contributed by atoms with Crippen LogP contribution in [-0.4, -0.2) is 52.3 Å². The fraction of sp³-hybridized carbons (Fsp3) is 0.476. The van der Waals surface area contributed by atoms with Crippen molar-refractivity contribution in [2.75, 3.05) is 6.61 Å². The molecular weight excluding hydrogens is 432 g/mol. The monoisotopic (exact) mass is 454 g/mol. The molecule has 30 heavy (non-hydrogen) atoms. The minimum Gasteiger partial charge on any atom is -0.462 e. The van der Waals surface area contributed by atoms with Crippen LogP contribution in [0.4, 0.5) is 0 Å². The van der Waals surface area contributed by atoms with E-state index < -0.39 is 30.2 Å². The van der Waals surface area contributed by atoms with Crippen LogP contribution in [0, 0.1) is 0 Å². The SMILES string of the molecule is CCOC(=O)c1ccc(Cc2cc3c(cc2Cl)CO[C@]32O[C@H](C)[C@@H](O)[C@H](O)[C@H]2O)s1. The van der Waals surface area contributed by atoms with Crippen molar-refractivity contribution in [3.05, 3.63) is 55.7 Å². The van der Waals surface area contributed by atoms with Crippen molar-refractivity contribution < 1.29 is 34.3 Å². The summed E-state index contributed by atoms with van der Waals surface area (Å²) in [4.78, 5) is 13.3. The number of ether oxygens (including phenoxy) is 3. The molecule has 0 bridgehead atoms. The van der Waals surface area contributed by atoms with Crippen LogP contribution in [0.1, 0.15) is 45.1 Å². The number of carbonyl (C=O) groups is 1. The van der Waals surface area contributed by atoms with Gasteiger partial charge < -0.3 is 29.5 Å². The Balaban J connectivity index is 1.66. The van der Waals surface area contributed by atoms with Gasteiger partial charge in [-0.25, -0.2) is 4.79 Å². The van der Waals surface area contributed by atoms with Crippen molar-refractivity contribution in [1.82, 2.24) is 0 Å². The highest BCUT2D eigenvalue weighted by Crippen LogP contribution is 2.47. The van der Waals surface area contributed by atoms with Crippen LogP contribution in [0.25, 0.3) is 0 Å². The van der Waals surface area contributed by atoms with Crippen LogP contribution in [0.3, 0.4) is 0 Å². The average molecular weight is 455 g/mol. The van der Waals surface area contributed by atoms with Crippen molar-refractivity contribution in [3.8, 4) is 0 Å². The number of thiophene rings is 1. The average Bonchev–Trinajstić information content (AvgIpc) is 3.31. The molecule has 0 unspecified atom stereocenters. The van der Waals surface area contributed by atoms with Gasteiger partial charge in [0.1, 0.15) is 23.2 Å². The number of halogens is 1. The van der Waals surface area contributed by atoms with Crippen LogP contribution < -0.4 is 0 Å². The third-order valence-electron chi connectivity index (χ3n) is 5.50. The normalized spacial score (nSPS) is 30.5. The summed E-state index contributed by atoms with van der Waals surface area (Å²) in [5.74, 6) is -1.93. The predicted octanol–water partition coefficient (Wildman–Crippen LogP) is 2.35. The summed E-state index contributed by atoms with van der Waals surface area (Å²) in [6.45, 7) is 3.84. The van der Waals surface area contributed by atoms with E-state index in [9.17, 15) is 20.1 Å². The lowest BCUT2D eigenvalue weighted by molar-refractivity contribution is -0.362. The molecule has 0 amide bonds. The van der Waals surface area contributed by atoms with Gasteiger partial charge >= 0.3 is 5.97 Å². The summed E-state index contributed by atoms with van der Waals surface area (Å²) in [5, 5.41) is 31.5.